The molecule has 1 aromatic carbocycles. The van der Waals surface area contributed by atoms with E-state index in [-0.39, 0.29) is 0 Å². The van der Waals surface area contributed by atoms with Gasteiger partial charge in [0.05, 0.1) is 29.1 Å². The standard InChI is InChI=1S/C13H12N4/c1-2-17-9-10(7-15-17)13-8-14-11-5-3-4-6-12(11)16-13/h3-9H,2H2,1H3. The molecule has 3 aromatic rings. The molecular formula is C13H12N4. The number of nitrogens with zero attached hydrogens (tertiary/aromatic N) is 4. The van der Waals surface area contributed by atoms with Crippen molar-refractivity contribution < 1.29 is 0 Å². The van der Waals surface area contributed by atoms with Crippen molar-refractivity contribution in [3.63, 3.8) is 0 Å². The fourth-order valence-electron chi connectivity index (χ4n) is 1.77. The second-order valence-electron chi connectivity index (χ2n) is 3.83. The van der Waals surface area contributed by atoms with E-state index in [1.807, 2.05) is 41.3 Å². The second-order valence-corrected chi connectivity index (χ2v) is 3.83. The number of hydrogen-bond acceptors (Lipinski definition) is 3. The highest BCUT2D eigenvalue weighted by Gasteiger charge is 2.04. The van der Waals surface area contributed by atoms with Crippen LogP contribution in [0.2, 0.25) is 0 Å². The van der Waals surface area contributed by atoms with Gasteiger partial charge in [0.25, 0.3) is 0 Å². The van der Waals surface area contributed by atoms with Gasteiger partial charge in [0, 0.05) is 18.3 Å². The monoisotopic (exact) mass is 224 g/mol. The molecule has 0 bridgehead atoms. The molecule has 0 aliphatic carbocycles. The predicted octanol–water partition coefficient (Wildman–Crippen LogP) is 2.51. The molecule has 4 heteroatoms. The van der Waals surface area contributed by atoms with Crippen molar-refractivity contribution in [1.82, 2.24) is 19.7 Å². The van der Waals surface area contributed by atoms with E-state index in [0.29, 0.717) is 0 Å². The molecule has 0 unspecified atom stereocenters. The van der Waals surface area contributed by atoms with Gasteiger partial charge < -0.3 is 0 Å². The molecule has 0 spiro atoms. The minimum atomic E-state index is 0.862. The number of aryl methyl sites for hydroxylation is 1. The van der Waals surface area contributed by atoms with E-state index in [9.17, 15) is 0 Å². The Bertz CT molecular complexity index is 657. The summed E-state index contributed by atoms with van der Waals surface area (Å²) < 4.78 is 1.88. The van der Waals surface area contributed by atoms with Gasteiger partial charge in [-0.2, -0.15) is 5.10 Å². The van der Waals surface area contributed by atoms with Gasteiger partial charge in [-0.3, -0.25) is 9.67 Å². The van der Waals surface area contributed by atoms with Crippen LogP contribution in [0.1, 0.15) is 6.92 Å². The SMILES string of the molecule is CCn1cc(-c2cnc3ccccc3n2)cn1. The van der Waals surface area contributed by atoms with Crippen molar-refractivity contribution in [2.75, 3.05) is 0 Å². The lowest BCUT2D eigenvalue weighted by atomic mass is 10.2. The molecular weight excluding hydrogens is 212 g/mol. The van der Waals surface area contributed by atoms with Crippen molar-refractivity contribution >= 4 is 11.0 Å². The topological polar surface area (TPSA) is 43.6 Å². The van der Waals surface area contributed by atoms with Gasteiger partial charge >= 0.3 is 0 Å². The Hall–Kier alpha value is -2.23. The first kappa shape index (κ1) is 9.96. The quantitative estimate of drug-likeness (QED) is 0.671. The van der Waals surface area contributed by atoms with E-state index < -0.39 is 0 Å². The maximum atomic E-state index is 4.58. The molecule has 0 N–H and O–H groups in total. The fourth-order valence-corrected chi connectivity index (χ4v) is 1.77. The summed E-state index contributed by atoms with van der Waals surface area (Å²) in [6, 6.07) is 7.86. The smallest absolute Gasteiger partial charge is 0.0924 e. The fraction of sp³-hybridized carbons (Fsp3) is 0.154. The molecule has 3 rings (SSSR count). The van der Waals surface area contributed by atoms with Crippen LogP contribution in [0.5, 0.6) is 0 Å². The van der Waals surface area contributed by atoms with Crippen LogP contribution >= 0.6 is 0 Å². The summed E-state index contributed by atoms with van der Waals surface area (Å²) in [5.74, 6) is 0. The highest BCUT2D eigenvalue weighted by atomic mass is 15.3. The molecule has 2 heterocycles. The van der Waals surface area contributed by atoms with Gasteiger partial charge in [0.15, 0.2) is 0 Å². The van der Waals surface area contributed by atoms with E-state index in [0.717, 1.165) is 28.8 Å². The molecule has 0 atom stereocenters. The van der Waals surface area contributed by atoms with E-state index in [2.05, 4.69) is 22.0 Å². The Morgan fingerprint density at radius 2 is 1.94 bits per heavy atom. The Kier molecular flexibility index (Phi) is 2.33. The Morgan fingerprint density at radius 3 is 2.71 bits per heavy atom. The van der Waals surface area contributed by atoms with Gasteiger partial charge in [-0.1, -0.05) is 12.1 Å². The summed E-state index contributed by atoms with van der Waals surface area (Å²) in [6.45, 7) is 2.92. The van der Waals surface area contributed by atoms with Gasteiger partial charge in [-0.15, -0.1) is 0 Å². The van der Waals surface area contributed by atoms with Crippen molar-refractivity contribution in [3.05, 3.63) is 42.9 Å². The summed E-state index contributed by atoms with van der Waals surface area (Å²) in [5.41, 5.74) is 3.70. The predicted molar refractivity (Wildman–Crippen MR) is 66.4 cm³/mol. The molecule has 0 aliphatic heterocycles. The van der Waals surface area contributed by atoms with E-state index >= 15 is 0 Å². The van der Waals surface area contributed by atoms with Crippen LogP contribution in [0.4, 0.5) is 0 Å². The third kappa shape index (κ3) is 1.78. The number of fused-ring (bicyclic) bond motifs is 1. The zero-order valence-corrected chi connectivity index (χ0v) is 9.54. The molecule has 0 saturated carbocycles. The lowest BCUT2D eigenvalue weighted by Gasteiger charge is -1.99. The Morgan fingerprint density at radius 1 is 1.12 bits per heavy atom. The largest absolute Gasteiger partial charge is 0.272 e. The molecule has 2 aromatic heterocycles. The average Bonchev–Trinajstić information content (AvgIpc) is 2.87. The number of benzene rings is 1. The van der Waals surface area contributed by atoms with Crippen LogP contribution in [-0.4, -0.2) is 19.7 Å². The maximum Gasteiger partial charge on any atom is 0.0924 e. The van der Waals surface area contributed by atoms with E-state index in [4.69, 9.17) is 0 Å². The molecule has 84 valence electrons. The number of hydrogen-bond donors (Lipinski definition) is 0. The lowest BCUT2D eigenvalue weighted by Crippen LogP contribution is -1.92. The summed E-state index contributed by atoms with van der Waals surface area (Å²) >= 11 is 0. The third-order valence-electron chi connectivity index (χ3n) is 2.70. The third-order valence-corrected chi connectivity index (χ3v) is 2.70. The minimum absolute atomic E-state index is 0.862. The van der Waals surface area contributed by atoms with Crippen LogP contribution in [-0.2, 0) is 6.54 Å². The van der Waals surface area contributed by atoms with Crippen LogP contribution in [0, 0.1) is 0 Å². The Balaban J connectivity index is 2.11. The first-order valence-electron chi connectivity index (χ1n) is 5.61. The first-order chi connectivity index (χ1) is 8.36. The van der Waals surface area contributed by atoms with Crippen LogP contribution in [0.25, 0.3) is 22.3 Å². The van der Waals surface area contributed by atoms with Crippen LogP contribution in [0.15, 0.2) is 42.9 Å². The normalized spacial score (nSPS) is 10.9. The number of rotatable bonds is 2. The van der Waals surface area contributed by atoms with E-state index in [1.54, 1.807) is 6.20 Å². The van der Waals surface area contributed by atoms with Crippen molar-refractivity contribution in [3.8, 4) is 11.3 Å². The summed E-state index contributed by atoms with van der Waals surface area (Å²) in [6.07, 6.45) is 5.60. The Labute approximate surface area is 98.9 Å². The zero-order valence-electron chi connectivity index (χ0n) is 9.54. The van der Waals surface area contributed by atoms with E-state index in [1.165, 1.54) is 0 Å². The minimum Gasteiger partial charge on any atom is -0.272 e. The summed E-state index contributed by atoms with van der Waals surface area (Å²) in [4.78, 5) is 8.97. The molecule has 17 heavy (non-hydrogen) atoms. The number of para-hydroxylation sites is 2. The maximum absolute atomic E-state index is 4.58. The molecule has 0 radical (unpaired) electrons. The molecule has 0 aliphatic rings. The molecule has 4 nitrogen and oxygen atoms in total. The first-order valence-corrected chi connectivity index (χ1v) is 5.61. The molecule has 0 fully saturated rings. The van der Waals surface area contributed by atoms with Crippen molar-refractivity contribution in [2.45, 2.75) is 13.5 Å². The molecule has 0 amide bonds. The lowest BCUT2D eigenvalue weighted by molar-refractivity contribution is 0.660. The highest BCUT2D eigenvalue weighted by molar-refractivity contribution is 5.76. The van der Waals surface area contributed by atoms with Crippen LogP contribution in [0.3, 0.4) is 0 Å². The summed E-state index contributed by atoms with van der Waals surface area (Å²) in [5, 5.41) is 4.24. The second kappa shape index (κ2) is 3.97. The highest BCUT2D eigenvalue weighted by Crippen LogP contribution is 2.18. The van der Waals surface area contributed by atoms with Gasteiger partial charge in [0.2, 0.25) is 0 Å². The average molecular weight is 224 g/mol. The summed E-state index contributed by atoms with van der Waals surface area (Å²) in [7, 11) is 0. The van der Waals surface area contributed by atoms with Gasteiger partial charge in [-0.25, -0.2) is 4.98 Å². The number of aromatic nitrogens is 4. The van der Waals surface area contributed by atoms with Gasteiger partial charge in [0.1, 0.15) is 0 Å². The molecule has 0 saturated heterocycles. The van der Waals surface area contributed by atoms with Gasteiger partial charge in [-0.05, 0) is 19.1 Å². The zero-order chi connectivity index (χ0) is 11.7. The van der Waals surface area contributed by atoms with Crippen LogP contribution < -0.4 is 0 Å². The van der Waals surface area contributed by atoms with Crippen molar-refractivity contribution in [1.29, 1.82) is 0 Å². The van der Waals surface area contributed by atoms with Crippen molar-refractivity contribution in [2.24, 2.45) is 0 Å².